The highest BCUT2D eigenvalue weighted by Crippen LogP contribution is 2.38. The van der Waals surface area contributed by atoms with Gasteiger partial charge in [-0.2, -0.15) is 0 Å². The van der Waals surface area contributed by atoms with Crippen molar-refractivity contribution in [2.24, 2.45) is 7.05 Å². The Bertz CT molecular complexity index is 1250. The number of anilines is 1. The molecule has 29 heavy (non-hydrogen) atoms. The van der Waals surface area contributed by atoms with Crippen LogP contribution < -0.4 is 15.2 Å². The minimum Gasteiger partial charge on any atom is -0.490 e. The molecule has 0 aliphatic carbocycles. The third-order valence-electron chi connectivity index (χ3n) is 5.56. The summed E-state index contributed by atoms with van der Waals surface area (Å²) in [5.74, 6) is 0.867. The molecule has 0 radical (unpaired) electrons. The van der Waals surface area contributed by atoms with E-state index < -0.39 is 0 Å². The zero-order chi connectivity index (χ0) is 20.0. The lowest BCUT2D eigenvalue weighted by atomic mass is 10.0. The van der Waals surface area contributed by atoms with Gasteiger partial charge in [0.25, 0.3) is 5.56 Å². The van der Waals surface area contributed by atoms with Crippen LogP contribution in [0, 0.1) is 6.92 Å². The maximum atomic E-state index is 13.1. The van der Waals surface area contributed by atoms with Crippen LogP contribution in [0.4, 0.5) is 5.69 Å². The number of fused-ring (bicyclic) bond motifs is 2. The van der Waals surface area contributed by atoms with Crippen LogP contribution in [0.1, 0.15) is 11.1 Å². The van der Waals surface area contributed by atoms with Crippen LogP contribution in [0.15, 0.2) is 58.8 Å². The van der Waals surface area contributed by atoms with Crippen molar-refractivity contribution in [1.82, 2.24) is 9.55 Å². The lowest BCUT2D eigenvalue weighted by Gasteiger charge is -2.32. The number of hydrogen-bond acceptors (Lipinski definition) is 5. The summed E-state index contributed by atoms with van der Waals surface area (Å²) in [4.78, 5) is 19.8. The summed E-state index contributed by atoms with van der Waals surface area (Å²) in [5.41, 5.74) is 4.80. The standard InChI is InChI=1S/C23H21N3O2S/c1-15-17-12-20-19(26(9-10-28-20)14-16-6-4-3-5-7-16)13-18(17)25(2)23(27)21(15)22-24-8-11-29-22/h3-8,11-13H,9-10,14H2,1-2H3. The van der Waals surface area contributed by atoms with Gasteiger partial charge in [-0.15, -0.1) is 11.3 Å². The Morgan fingerprint density at radius 2 is 2.03 bits per heavy atom. The van der Waals surface area contributed by atoms with Crippen LogP contribution in [-0.2, 0) is 13.6 Å². The third kappa shape index (κ3) is 3.00. The molecule has 2 aromatic heterocycles. The number of aryl methyl sites for hydroxylation is 2. The molecule has 0 saturated carbocycles. The molecular formula is C23H21N3O2S. The summed E-state index contributed by atoms with van der Waals surface area (Å²) in [5, 5.41) is 3.68. The lowest BCUT2D eigenvalue weighted by Crippen LogP contribution is -2.32. The minimum atomic E-state index is -0.0174. The second kappa shape index (κ2) is 7.04. The molecule has 2 aromatic carbocycles. The van der Waals surface area contributed by atoms with Crippen LogP contribution in [0.5, 0.6) is 5.75 Å². The van der Waals surface area contributed by atoms with E-state index in [-0.39, 0.29) is 5.56 Å². The molecule has 6 heteroatoms. The molecule has 0 saturated heterocycles. The van der Waals surface area contributed by atoms with Gasteiger partial charge in [0.2, 0.25) is 0 Å². The Labute approximate surface area is 172 Å². The molecule has 0 spiro atoms. The Morgan fingerprint density at radius 3 is 2.79 bits per heavy atom. The van der Waals surface area contributed by atoms with Gasteiger partial charge in [0.1, 0.15) is 17.4 Å². The molecule has 1 aliphatic heterocycles. The van der Waals surface area contributed by atoms with Crippen molar-refractivity contribution in [3.8, 4) is 16.3 Å². The smallest absolute Gasteiger partial charge is 0.261 e. The zero-order valence-corrected chi connectivity index (χ0v) is 17.2. The normalized spacial score (nSPS) is 13.4. The highest BCUT2D eigenvalue weighted by molar-refractivity contribution is 7.13. The Kier molecular flexibility index (Phi) is 4.36. The van der Waals surface area contributed by atoms with Gasteiger partial charge in [0.15, 0.2) is 0 Å². The van der Waals surface area contributed by atoms with Crippen molar-refractivity contribution in [3.05, 3.63) is 75.5 Å². The van der Waals surface area contributed by atoms with Gasteiger partial charge in [-0.05, 0) is 30.2 Å². The first kappa shape index (κ1) is 17.9. The Balaban J connectivity index is 1.68. The molecule has 0 unspecified atom stereocenters. The second-order valence-electron chi connectivity index (χ2n) is 7.29. The summed E-state index contributed by atoms with van der Waals surface area (Å²) >= 11 is 1.49. The highest BCUT2D eigenvalue weighted by atomic mass is 32.1. The predicted octanol–water partition coefficient (Wildman–Crippen LogP) is 4.37. The highest BCUT2D eigenvalue weighted by Gasteiger charge is 2.23. The molecule has 4 aromatic rings. The number of thiazole rings is 1. The minimum absolute atomic E-state index is 0.0174. The van der Waals surface area contributed by atoms with E-state index >= 15 is 0 Å². The lowest BCUT2D eigenvalue weighted by molar-refractivity contribution is 0.307. The Hall–Kier alpha value is -3.12. The maximum Gasteiger partial charge on any atom is 0.261 e. The van der Waals surface area contributed by atoms with Crippen LogP contribution in [-0.4, -0.2) is 22.7 Å². The van der Waals surface area contributed by atoms with E-state index in [4.69, 9.17) is 4.74 Å². The number of rotatable bonds is 3. The molecular weight excluding hydrogens is 382 g/mol. The summed E-state index contributed by atoms with van der Waals surface area (Å²) in [7, 11) is 1.83. The van der Waals surface area contributed by atoms with Crippen LogP contribution >= 0.6 is 11.3 Å². The average Bonchev–Trinajstić information content (AvgIpc) is 3.27. The number of hydrogen-bond donors (Lipinski definition) is 0. The predicted molar refractivity (Wildman–Crippen MR) is 118 cm³/mol. The molecule has 0 bridgehead atoms. The number of benzene rings is 2. The summed E-state index contributed by atoms with van der Waals surface area (Å²) in [6, 6.07) is 14.6. The van der Waals surface area contributed by atoms with Gasteiger partial charge < -0.3 is 14.2 Å². The van der Waals surface area contributed by atoms with Crippen molar-refractivity contribution < 1.29 is 4.74 Å². The first-order valence-corrected chi connectivity index (χ1v) is 10.5. The molecule has 0 amide bonds. The Morgan fingerprint density at radius 1 is 1.21 bits per heavy atom. The van der Waals surface area contributed by atoms with Gasteiger partial charge in [0, 0.05) is 30.6 Å². The fraction of sp³-hybridized carbons (Fsp3) is 0.217. The van der Waals surface area contributed by atoms with Crippen molar-refractivity contribution in [1.29, 1.82) is 0 Å². The topological polar surface area (TPSA) is 47.4 Å². The molecule has 0 N–H and O–H groups in total. The zero-order valence-electron chi connectivity index (χ0n) is 16.4. The summed E-state index contributed by atoms with van der Waals surface area (Å²) in [6.07, 6.45) is 1.74. The van der Waals surface area contributed by atoms with Gasteiger partial charge >= 0.3 is 0 Å². The monoisotopic (exact) mass is 403 g/mol. The molecule has 146 valence electrons. The SMILES string of the molecule is Cc1c(-c2nccs2)c(=O)n(C)c2cc3c(cc12)OCCN3Cc1ccccc1. The van der Waals surface area contributed by atoms with E-state index in [1.165, 1.54) is 16.9 Å². The van der Waals surface area contributed by atoms with E-state index in [0.29, 0.717) is 12.2 Å². The van der Waals surface area contributed by atoms with Crippen LogP contribution in [0.3, 0.4) is 0 Å². The van der Waals surface area contributed by atoms with E-state index in [9.17, 15) is 4.79 Å². The summed E-state index contributed by atoms with van der Waals surface area (Å²) in [6.45, 7) is 4.28. The maximum absolute atomic E-state index is 13.1. The first-order valence-electron chi connectivity index (χ1n) is 9.62. The molecule has 0 atom stereocenters. The first-order chi connectivity index (χ1) is 14.1. The van der Waals surface area contributed by atoms with Crippen LogP contribution in [0.25, 0.3) is 21.5 Å². The second-order valence-corrected chi connectivity index (χ2v) is 8.19. The van der Waals surface area contributed by atoms with Crippen molar-refractivity contribution in [2.45, 2.75) is 13.5 Å². The van der Waals surface area contributed by atoms with Gasteiger partial charge in [-0.3, -0.25) is 4.79 Å². The van der Waals surface area contributed by atoms with Crippen molar-refractivity contribution in [2.75, 3.05) is 18.1 Å². The molecule has 0 fully saturated rings. The van der Waals surface area contributed by atoms with Gasteiger partial charge in [0.05, 0.1) is 23.3 Å². The number of aromatic nitrogens is 2. The molecule has 1 aliphatic rings. The fourth-order valence-corrected chi connectivity index (χ4v) is 4.75. The van der Waals surface area contributed by atoms with E-state index in [0.717, 1.165) is 46.0 Å². The average molecular weight is 404 g/mol. The largest absolute Gasteiger partial charge is 0.490 e. The van der Waals surface area contributed by atoms with Crippen molar-refractivity contribution in [3.63, 3.8) is 0 Å². The number of pyridine rings is 1. The van der Waals surface area contributed by atoms with Gasteiger partial charge in [-0.1, -0.05) is 30.3 Å². The molecule has 5 rings (SSSR count). The van der Waals surface area contributed by atoms with E-state index in [1.54, 1.807) is 10.8 Å². The van der Waals surface area contributed by atoms with Crippen molar-refractivity contribution >= 4 is 27.9 Å². The van der Waals surface area contributed by atoms with E-state index in [1.807, 2.05) is 25.4 Å². The van der Waals surface area contributed by atoms with Gasteiger partial charge in [-0.25, -0.2) is 4.98 Å². The number of nitrogens with zero attached hydrogens (tertiary/aromatic N) is 3. The van der Waals surface area contributed by atoms with Crippen LogP contribution in [0.2, 0.25) is 0 Å². The molecule has 5 nitrogen and oxygen atoms in total. The summed E-state index contributed by atoms with van der Waals surface area (Å²) < 4.78 is 7.74. The molecule has 3 heterocycles. The quantitative estimate of drug-likeness (QED) is 0.510. The third-order valence-corrected chi connectivity index (χ3v) is 6.35. The number of ether oxygens (including phenoxy) is 1. The fourth-order valence-electron chi connectivity index (χ4n) is 4.02. The van der Waals surface area contributed by atoms with E-state index in [2.05, 4.69) is 46.3 Å².